The lowest BCUT2D eigenvalue weighted by atomic mass is 10.1. The first kappa shape index (κ1) is 16.5. The van der Waals surface area contributed by atoms with Crippen LogP contribution in [0.2, 0.25) is 0 Å². The first-order valence-electron chi connectivity index (χ1n) is 8.12. The molecule has 1 aromatic carbocycles. The number of likely N-dealkylation sites (N-methyl/N-ethyl adjacent to an activating group) is 1. The molecular weight excluding hydrogens is 322 g/mol. The van der Waals surface area contributed by atoms with E-state index in [4.69, 9.17) is 0 Å². The van der Waals surface area contributed by atoms with Crippen LogP contribution >= 0.6 is 11.3 Å². The van der Waals surface area contributed by atoms with Gasteiger partial charge in [-0.25, -0.2) is 0 Å². The van der Waals surface area contributed by atoms with E-state index in [9.17, 15) is 9.59 Å². The third-order valence-corrected chi connectivity index (χ3v) is 4.94. The van der Waals surface area contributed by atoms with Gasteiger partial charge >= 0.3 is 0 Å². The number of likely N-dealkylation sites (tertiary alicyclic amines) is 1. The number of carbonyl (C=O) groups is 2. The Balaban J connectivity index is 1.55. The molecule has 1 fully saturated rings. The van der Waals surface area contributed by atoms with Gasteiger partial charge in [-0.15, -0.1) is 0 Å². The van der Waals surface area contributed by atoms with E-state index in [0.29, 0.717) is 25.1 Å². The summed E-state index contributed by atoms with van der Waals surface area (Å²) in [6.45, 7) is 4.11. The Morgan fingerprint density at radius 1 is 1.29 bits per heavy atom. The largest absolute Gasteiger partial charge is 0.381 e. The molecule has 24 heavy (non-hydrogen) atoms. The number of thiophene rings is 1. The summed E-state index contributed by atoms with van der Waals surface area (Å²) in [4.78, 5) is 26.1. The van der Waals surface area contributed by atoms with Crippen LogP contribution in [0.1, 0.15) is 29.3 Å². The van der Waals surface area contributed by atoms with Crippen LogP contribution in [0.4, 0.5) is 5.69 Å². The zero-order valence-corrected chi connectivity index (χ0v) is 14.4. The van der Waals surface area contributed by atoms with E-state index in [1.165, 1.54) is 5.56 Å². The quantitative estimate of drug-likeness (QED) is 0.848. The molecule has 6 heteroatoms. The Morgan fingerprint density at radius 3 is 2.71 bits per heavy atom. The van der Waals surface area contributed by atoms with Crippen LogP contribution in [-0.4, -0.2) is 35.8 Å². The first-order valence-corrected chi connectivity index (χ1v) is 9.06. The van der Waals surface area contributed by atoms with Crippen LogP contribution in [0.5, 0.6) is 0 Å². The highest BCUT2D eigenvalue weighted by atomic mass is 32.1. The van der Waals surface area contributed by atoms with Crippen LogP contribution < -0.4 is 10.6 Å². The lowest BCUT2D eigenvalue weighted by Crippen LogP contribution is -2.41. The summed E-state index contributed by atoms with van der Waals surface area (Å²) >= 11 is 1.67. The highest BCUT2D eigenvalue weighted by molar-refractivity contribution is 7.07. The molecule has 1 saturated heterocycles. The van der Waals surface area contributed by atoms with Crippen LogP contribution in [0.15, 0.2) is 41.1 Å². The third-order valence-electron chi connectivity index (χ3n) is 4.21. The molecule has 2 aromatic rings. The van der Waals surface area contributed by atoms with E-state index in [-0.39, 0.29) is 11.8 Å². The molecule has 1 unspecified atom stereocenters. The van der Waals surface area contributed by atoms with Crippen LogP contribution in [-0.2, 0) is 11.3 Å². The lowest BCUT2D eigenvalue weighted by molar-refractivity contribution is -0.129. The van der Waals surface area contributed by atoms with Crippen molar-refractivity contribution in [2.24, 2.45) is 0 Å². The zero-order chi connectivity index (χ0) is 16.9. The highest BCUT2D eigenvalue weighted by Gasteiger charge is 2.31. The van der Waals surface area contributed by atoms with Crippen molar-refractivity contribution in [1.82, 2.24) is 10.2 Å². The molecule has 0 saturated carbocycles. The summed E-state index contributed by atoms with van der Waals surface area (Å²) in [5.41, 5.74) is 2.77. The second-order valence-corrected chi connectivity index (χ2v) is 6.58. The van der Waals surface area contributed by atoms with Gasteiger partial charge in [0.1, 0.15) is 6.04 Å². The smallest absolute Gasteiger partial charge is 0.251 e. The molecule has 5 nitrogen and oxygen atoms in total. The summed E-state index contributed by atoms with van der Waals surface area (Å²) in [5, 5.41) is 10.3. The number of benzene rings is 1. The minimum Gasteiger partial charge on any atom is -0.381 e. The number of nitrogens with one attached hydrogen (secondary N) is 2. The maximum Gasteiger partial charge on any atom is 0.251 e. The average molecular weight is 343 g/mol. The number of nitrogens with zero attached hydrogens (tertiary/aromatic N) is 1. The summed E-state index contributed by atoms with van der Waals surface area (Å²) in [7, 11) is 0. The highest BCUT2D eigenvalue weighted by Crippen LogP contribution is 2.15. The van der Waals surface area contributed by atoms with Gasteiger partial charge in [0.15, 0.2) is 0 Å². The van der Waals surface area contributed by atoms with E-state index in [1.54, 1.807) is 28.4 Å². The summed E-state index contributed by atoms with van der Waals surface area (Å²) < 4.78 is 0. The van der Waals surface area contributed by atoms with Crippen molar-refractivity contribution in [2.75, 3.05) is 18.4 Å². The van der Waals surface area contributed by atoms with Gasteiger partial charge in [0, 0.05) is 30.9 Å². The number of hydrogen-bond donors (Lipinski definition) is 2. The van der Waals surface area contributed by atoms with E-state index < -0.39 is 6.04 Å². The molecule has 126 valence electrons. The van der Waals surface area contributed by atoms with Gasteiger partial charge in [-0.2, -0.15) is 11.3 Å². The summed E-state index contributed by atoms with van der Waals surface area (Å²) in [5.74, 6) is -0.185. The maximum atomic E-state index is 12.3. The fourth-order valence-electron chi connectivity index (χ4n) is 2.77. The normalized spacial score (nSPS) is 17.1. The van der Waals surface area contributed by atoms with Crippen LogP contribution in [0, 0.1) is 0 Å². The Labute approximate surface area is 145 Å². The minimum absolute atomic E-state index is 0.0138. The van der Waals surface area contributed by atoms with Gasteiger partial charge in [0.2, 0.25) is 5.91 Å². The second-order valence-electron chi connectivity index (χ2n) is 5.80. The first-order chi connectivity index (χ1) is 11.7. The molecule has 1 atom stereocenters. The number of hydrogen-bond acceptors (Lipinski definition) is 4. The monoisotopic (exact) mass is 343 g/mol. The van der Waals surface area contributed by atoms with Crippen LogP contribution in [0.25, 0.3) is 0 Å². The minimum atomic E-state index is -0.395. The van der Waals surface area contributed by atoms with E-state index >= 15 is 0 Å². The Bertz CT molecular complexity index is 698. The predicted octanol–water partition coefficient (Wildman–Crippen LogP) is 2.71. The molecule has 1 aliphatic rings. The topological polar surface area (TPSA) is 61.4 Å². The van der Waals surface area contributed by atoms with Gasteiger partial charge in [0.25, 0.3) is 5.91 Å². The fraction of sp³-hybridized carbons (Fsp3) is 0.333. The van der Waals surface area contributed by atoms with Crippen molar-refractivity contribution in [3.8, 4) is 0 Å². The Kier molecular flexibility index (Phi) is 5.15. The molecule has 2 heterocycles. The summed E-state index contributed by atoms with van der Waals surface area (Å²) in [6, 6.07) is 9.02. The van der Waals surface area contributed by atoms with Gasteiger partial charge in [-0.05, 0) is 60.0 Å². The van der Waals surface area contributed by atoms with Gasteiger partial charge < -0.3 is 15.5 Å². The third kappa shape index (κ3) is 3.76. The van der Waals surface area contributed by atoms with Crippen LogP contribution in [0.3, 0.4) is 0 Å². The molecular formula is C18H21N3O2S. The van der Waals surface area contributed by atoms with Crippen molar-refractivity contribution in [3.05, 3.63) is 52.2 Å². The van der Waals surface area contributed by atoms with Crippen molar-refractivity contribution in [1.29, 1.82) is 0 Å². The van der Waals surface area contributed by atoms with Gasteiger partial charge in [-0.1, -0.05) is 0 Å². The van der Waals surface area contributed by atoms with Crippen molar-refractivity contribution >= 4 is 28.8 Å². The Morgan fingerprint density at radius 2 is 2.08 bits per heavy atom. The molecule has 1 aromatic heterocycles. The van der Waals surface area contributed by atoms with E-state index in [1.807, 2.05) is 19.1 Å². The molecule has 2 N–H and O–H groups in total. The molecule has 1 aliphatic heterocycles. The predicted molar refractivity (Wildman–Crippen MR) is 96.2 cm³/mol. The number of amides is 2. The second kappa shape index (κ2) is 7.49. The molecule has 0 spiro atoms. The maximum absolute atomic E-state index is 12.3. The average Bonchev–Trinajstić information content (AvgIpc) is 3.24. The zero-order valence-electron chi connectivity index (χ0n) is 13.6. The molecule has 0 bridgehead atoms. The van der Waals surface area contributed by atoms with E-state index in [2.05, 4.69) is 27.5 Å². The molecule has 0 radical (unpaired) electrons. The fourth-order valence-corrected chi connectivity index (χ4v) is 3.43. The van der Waals surface area contributed by atoms with Gasteiger partial charge in [-0.3, -0.25) is 9.59 Å². The van der Waals surface area contributed by atoms with Crippen molar-refractivity contribution in [3.63, 3.8) is 0 Å². The van der Waals surface area contributed by atoms with Crippen molar-refractivity contribution < 1.29 is 9.59 Å². The molecule has 0 aliphatic carbocycles. The number of anilines is 1. The summed E-state index contributed by atoms with van der Waals surface area (Å²) in [6.07, 6.45) is 0.679. The number of rotatable bonds is 6. The SMILES string of the molecule is CCN1CCC(NC(=O)c2ccc(NCc3ccsc3)cc2)C1=O. The Hall–Kier alpha value is -2.34. The molecule has 3 rings (SSSR count). The number of carbonyl (C=O) groups excluding carboxylic acids is 2. The van der Waals surface area contributed by atoms with Gasteiger partial charge in [0.05, 0.1) is 0 Å². The van der Waals surface area contributed by atoms with E-state index in [0.717, 1.165) is 12.2 Å². The molecule has 2 amide bonds. The van der Waals surface area contributed by atoms with Crippen molar-refractivity contribution in [2.45, 2.75) is 25.9 Å². The standard InChI is InChI=1S/C18H21N3O2S/c1-2-21-9-7-16(18(21)23)20-17(22)14-3-5-15(6-4-14)19-11-13-8-10-24-12-13/h3-6,8,10,12,16,19H,2,7,9,11H2,1H3,(H,20,22). The lowest BCUT2D eigenvalue weighted by Gasteiger charge is -2.15.